The Bertz CT molecular complexity index is 192. The van der Waals surface area contributed by atoms with Crippen molar-refractivity contribution in [3.8, 4) is 0 Å². The Morgan fingerprint density at radius 1 is 0.750 bits per heavy atom. The Hall–Kier alpha value is -0.0800. The first kappa shape index (κ1) is 19.9. The zero-order valence-corrected chi connectivity index (χ0v) is 14.6. The number of hydrogen-bond acceptors (Lipinski definition) is 2. The highest BCUT2D eigenvalue weighted by Gasteiger charge is 2.12. The minimum absolute atomic E-state index is 0.251. The third-order valence-electron chi connectivity index (χ3n) is 4.13. The van der Waals surface area contributed by atoms with E-state index in [9.17, 15) is 0 Å². The van der Waals surface area contributed by atoms with Crippen LogP contribution in [0.2, 0.25) is 0 Å². The lowest BCUT2D eigenvalue weighted by molar-refractivity contribution is 0.125. The van der Waals surface area contributed by atoms with Crippen LogP contribution in [-0.4, -0.2) is 25.3 Å². The summed E-state index contributed by atoms with van der Waals surface area (Å²) in [5.41, 5.74) is 0.251. The summed E-state index contributed by atoms with van der Waals surface area (Å²) < 4.78 is 5.67. The van der Waals surface area contributed by atoms with E-state index in [-0.39, 0.29) is 5.54 Å². The Labute approximate surface area is 128 Å². The first-order valence-corrected chi connectivity index (χ1v) is 8.95. The van der Waals surface area contributed by atoms with E-state index in [1.54, 1.807) is 0 Å². The van der Waals surface area contributed by atoms with Crippen LogP contribution in [0.4, 0.5) is 0 Å². The Balaban J connectivity index is 3.06. The van der Waals surface area contributed by atoms with Crippen LogP contribution in [0.15, 0.2) is 0 Å². The highest BCUT2D eigenvalue weighted by molar-refractivity contribution is 4.74. The highest BCUT2D eigenvalue weighted by Crippen LogP contribution is 2.09. The van der Waals surface area contributed by atoms with E-state index in [2.05, 4.69) is 33.0 Å². The molecule has 0 aliphatic heterocycles. The molecule has 0 unspecified atom stereocenters. The molecule has 2 heteroatoms. The number of nitrogens with one attached hydrogen (secondary N) is 1. The number of unbranched alkanes of at least 4 members (excludes halogenated alkanes) is 8. The second-order valence-electron chi connectivity index (χ2n) is 6.61. The van der Waals surface area contributed by atoms with Gasteiger partial charge in [0.05, 0.1) is 6.61 Å². The molecule has 0 aromatic heterocycles. The van der Waals surface area contributed by atoms with Crippen molar-refractivity contribution in [1.29, 1.82) is 0 Å². The summed E-state index contributed by atoms with van der Waals surface area (Å²) in [4.78, 5) is 0. The largest absolute Gasteiger partial charge is 0.380 e. The predicted molar refractivity (Wildman–Crippen MR) is 90.4 cm³/mol. The van der Waals surface area contributed by atoms with E-state index < -0.39 is 0 Å². The lowest BCUT2D eigenvalue weighted by Gasteiger charge is -2.24. The van der Waals surface area contributed by atoms with Gasteiger partial charge in [-0.25, -0.2) is 0 Å². The topological polar surface area (TPSA) is 21.3 Å². The van der Waals surface area contributed by atoms with Crippen molar-refractivity contribution in [3.63, 3.8) is 0 Å². The molecular formula is C18H39NO. The summed E-state index contributed by atoms with van der Waals surface area (Å²) in [6, 6.07) is 0. The normalized spacial score (nSPS) is 12.0. The number of rotatable bonds is 15. The van der Waals surface area contributed by atoms with E-state index in [0.717, 1.165) is 26.2 Å². The van der Waals surface area contributed by atoms with E-state index >= 15 is 0 Å². The third-order valence-corrected chi connectivity index (χ3v) is 4.13. The van der Waals surface area contributed by atoms with Crippen molar-refractivity contribution in [2.24, 2.45) is 0 Å². The lowest BCUT2D eigenvalue weighted by Crippen LogP contribution is -2.40. The van der Waals surface area contributed by atoms with Gasteiger partial charge in [0, 0.05) is 18.7 Å². The van der Waals surface area contributed by atoms with Gasteiger partial charge in [-0.15, -0.1) is 0 Å². The third kappa shape index (κ3) is 14.3. The molecule has 0 saturated carbocycles. The van der Waals surface area contributed by atoms with Crippen molar-refractivity contribution in [2.45, 2.75) is 97.4 Å². The molecular weight excluding hydrogens is 246 g/mol. The van der Waals surface area contributed by atoms with E-state index in [1.807, 2.05) is 0 Å². The summed E-state index contributed by atoms with van der Waals surface area (Å²) in [6.07, 6.45) is 13.6. The van der Waals surface area contributed by atoms with E-state index in [4.69, 9.17) is 4.74 Å². The van der Waals surface area contributed by atoms with Crippen LogP contribution in [0.25, 0.3) is 0 Å². The maximum Gasteiger partial charge on any atom is 0.0591 e. The van der Waals surface area contributed by atoms with Gasteiger partial charge in [-0.3, -0.25) is 0 Å². The summed E-state index contributed by atoms with van der Waals surface area (Å²) in [6.45, 7) is 11.7. The fraction of sp³-hybridized carbons (Fsp3) is 1.00. The quantitative estimate of drug-likeness (QED) is 0.412. The maximum absolute atomic E-state index is 5.67. The molecule has 1 N–H and O–H groups in total. The SMILES string of the molecule is CCCCCCCCCCCOCCNC(C)(C)CC. The first-order valence-electron chi connectivity index (χ1n) is 8.95. The molecule has 0 aromatic carbocycles. The molecule has 122 valence electrons. The van der Waals surface area contributed by atoms with Gasteiger partial charge in [0.15, 0.2) is 0 Å². The van der Waals surface area contributed by atoms with Crippen molar-refractivity contribution in [1.82, 2.24) is 5.32 Å². The van der Waals surface area contributed by atoms with Gasteiger partial charge >= 0.3 is 0 Å². The Morgan fingerprint density at radius 2 is 1.30 bits per heavy atom. The molecule has 0 saturated heterocycles. The Kier molecular flexibility index (Phi) is 13.8. The molecule has 0 aliphatic rings. The monoisotopic (exact) mass is 285 g/mol. The fourth-order valence-electron chi connectivity index (χ4n) is 2.20. The summed E-state index contributed by atoms with van der Waals surface area (Å²) in [5.74, 6) is 0. The van der Waals surface area contributed by atoms with Crippen LogP contribution in [0.3, 0.4) is 0 Å². The van der Waals surface area contributed by atoms with Gasteiger partial charge in [-0.05, 0) is 26.7 Å². The zero-order chi connectivity index (χ0) is 15.1. The molecule has 2 nitrogen and oxygen atoms in total. The molecule has 0 atom stereocenters. The van der Waals surface area contributed by atoms with Crippen LogP contribution in [0.1, 0.15) is 91.9 Å². The zero-order valence-electron chi connectivity index (χ0n) is 14.6. The average Bonchev–Trinajstić information content (AvgIpc) is 2.44. The van der Waals surface area contributed by atoms with Crippen molar-refractivity contribution < 1.29 is 4.74 Å². The molecule has 0 bridgehead atoms. The van der Waals surface area contributed by atoms with Crippen molar-refractivity contribution in [2.75, 3.05) is 19.8 Å². The number of ether oxygens (including phenoxy) is 1. The molecule has 0 fully saturated rings. The van der Waals surface area contributed by atoms with Crippen LogP contribution in [-0.2, 0) is 4.74 Å². The molecule has 20 heavy (non-hydrogen) atoms. The minimum Gasteiger partial charge on any atom is -0.380 e. The molecule has 0 spiro atoms. The Morgan fingerprint density at radius 3 is 1.85 bits per heavy atom. The van der Waals surface area contributed by atoms with Gasteiger partial charge in [-0.2, -0.15) is 0 Å². The van der Waals surface area contributed by atoms with Crippen LogP contribution >= 0.6 is 0 Å². The van der Waals surface area contributed by atoms with E-state index in [1.165, 1.54) is 57.8 Å². The molecule has 0 heterocycles. The van der Waals surface area contributed by atoms with Gasteiger partial charge in [0.1, 0.15) is 0 Å². The van der Waals surface area contributed by atoms with Crippen LogP contribution < -0.4 is 5.32 Å². The molecule has 0 aliphatic carbocycles. The first-order chi connectivity index (χ1) is 9.62. The second kappa shape index (κ2) is 13.9. The van der Waals surface area contributed by atoms with Crippen LogP contribution in [0, 0.1) is 0 Å². The molecule has 0 rings (SSSR count). The maximum atomic E-state index is 5.67. The molecule has 0 amide bonds. The lowest BCUT2D eigenvalue weighted by atomic mass is 10.0. The predicted octanol–water partition coefficient (Wildman–Crippen LogP) is 5.31. The van der Waals surface area contributed by atoms with Crippen molar-refractivity contribution >= 4 is 0 Å². The average molecular weight is 286 g/mol. The number of hydrogen-bond donors (Lipinski definition) is 1. The molecule has 0 aromatic rings. The minimum atomic E-state index is 0.251. The van der Waals surface area contributed by atoms with Gasteiger partial charge in [0.2, 0.25) is 0 Å². The second-order valence-corrected chi connectivity index (χ2v) is 6.61. The van der Waals surface area contributed by atoms with Crippen LogP contribution in [0.5, 0.6) is 0 Å². The summed E-state index contributed by atoms with van der Waals surface area (Å²) in [5, 5.41) is 3.52. The summed E-state index contributed by atoms with van der Waals surface area (Å²) >= 11 is 0. The van der Waals surface area contributed by atoms with Gasteiger partial charge in [-0.1, -0.05) is 65.2 Å². The van der Waals surface area contributed by atoms with Crippen molar-refractivity contribution in [3.05, 3.63) is 0 Å². The summed E-state index contributed by atoms with van der Waals surface area (Å²) in [7, 11) is 0. The van der Waals surface area contributed by atoms with Gasteiger partial charge in [0.25, 0.3) is 0 Å². The smallest absolute Gasteiger partial charge is 0.0591 e. The fourth-order valence-corrected chi connectivity index (χ4v) is 2.20. The molecule has 0 radical (unpaired) electrons. The van der Waals surface area contributed by atoms with Gasteiger partial charge < -0.3 is 10.1 Å². The standard InChI is InChI=1S/C18H39NO/c1-5-7-8-9-10-11-12-13-14-16-20-17-15-19-18(3,4)6-2/h19H,5-17H2,1-4H3. The van der Waals surface area contributed by atoms with E-state index in [0.29, 0.717) is 0 Å². The highest BCUT2D eigenvalue weighted by atomic mass is 16.5.